The normalized spacial score (nSPS) is 9.90. The summed E-state index contributed by atoms with van der Waals surface area (Å²) in [5, 5.41) is 4.85. The molecule has 1 rings (SSSR count). The number of aryl methyl sites for hydroxylation is 1. The second-order valence-corrected chi connectivity index (χ2v) is 3.09. The van der Waals surface area contributed by atoms with E-state index in [0.717, 1.165) is 22.3 Å². The van der Waals surface area contributed by atoms with E-state index in [4.69, 9.17) is 11.6 Å². The molecule has 0 atom stereocenters. The molecule has 0 spiro atoms. The third-order valence-corrected chi connectivity index (χ3v) is 2.60. The van der Waals surface area contributed by atoms with Crippen molar-refractivity contribution in [1.82, 2.24) is 4.37 Å². The van der Waals surface area contributed by atoms with Gasteiger partial charge in [0.25, 0.3) is 0 Å². The van der Waals surface area contributed by atoms with E-state index in [0.29, 0.717) is 0 Å². The minimum absolute atomic E-state index is 0.756. The Kier molecular flexibility index (Phi) is 2.51. The maximum absolute atomic E-state index is 5.87. The van der Waals surface area contributed by atoms with Gasteiger partial charge in [0, 0.05) is 6.54 Å². The van der Waals surface area contributed by atoms with Crippen LogP contribution >= 0.6 is 23.1 Å². The second kappa shape index (κ2) is 3.21. The van der Waals surface area contributed by atoms with E-state index in [1.807, 2.05) is 13.8 Å². The van der Waals surface area contributed by atoms with Crippen LogP contribution in [0.1, 0.15) is 12.6 Å². The van der Waals surface area contributed by atoms with Crippen LogP contribution in [0, 0.1) is 6.92 Å². The summed E-state index contributed by atoms with van der Waals surface area (Å²) in [6.07, 6.45) is 0. The summed E-state index contributed by atoms with van der Waals surface area (Å²) in [6, 6.07) is 0. The van der Waals surface area contributed by atoms with Crippen LogP contribution in [-0.4, -0.2) is 10.9 Å². The first-order valence-electron chi connectivity index (χ1n) is 3.11. The van der Waals surface area contributed by atoms with Gasteiger partial charge in [-0.25, -0.2) is 0 Å². The molecular weight excluding hydrogens is 168 g/mol. The zero-order valence-electron chi connectivity index (χ0n) is 5.94. The Labute approximate surface area is 69.4 Å². The van der Waals surface area contributed by atoms with Crippen LogP contribution in [-0.2, 0) is 0 Å². The van der Waals surface area contributed by atoms with Gasteiger partial charge in [0.05, 0.1) is 10.7 Å². The molecule has 4 heteroatoms. The topological polar surface area (TPSA) is 24.9 Å². The minimum Gasteiger partial charge on any atom is -0.375 e. The number of hydrogen-bond acceptors (Lipinski definition) is 3. The molecular formula is C6H9ClN2S. The molecule has 1 N–H and O–H groups in total. The van der Waals surface area contributed by atoms with E-state index in [9.17, 15) is 0 Å². The van der Waals surface area contributed by atoms with E-state index in [-0.39, 0.29) is 0 Å². The van der Waals surface area contributed by atoms with Gasteiger partial charge in [0.2, 0.25) is 0 Å². The lowest BCUT2D eigenvalue weighted by Crippen LogP contribution is -1.93. The van der Waals surface area contributed by atoms with E-state index in [1.165, 1.54) is 11.5 Å². The maximum Gasteiger partial charge on any atom is 0.128 e. The molecule has 0 fully saturated rings. The van der Waals surface area contributed by atoms with Crippen LogP contribution in [0.15, 0.2) is 0 Å². The average Bonchev–Trinajstić information content (AvgIpc) is 2.20. The highest BCUT2D eigenvalue weighted by molar-refractivity contribution is 7.11. The van der Waals surface area contributed by atoms with Gasteiger partial charge in [-0.3, -0.25) is 0 Å². The van der Waals surface area contributed by atoms with Gasteiger partial charge in [-0.2, -0.15) is 4.37 Å². The zero-order valence-corrected chi connectivity index (χ0v) is 7.51. The molecule has 1 aromatic rings. The quantitative estimate of drug-likeness (QED) is 0.749. The van der Waals surface area contributed by atoms with Crippen molar-refractivity contribution < 1.29 is 0 Å². The summed E-state index contributed by atoms with van der Waals surface area (Å²) in [5.41, 5.74) is 0.905. The van der Waals surface area contributed by atoms with Gasteiger partial charge < -0.3 is 5.32 Å². The van der Waals surface area contributed by atoms with Crippen molar-refractivity contribution in [2.45, 2.75) is 13.8 Å². The van der Waals surface area contributed by atoms with E-state index in [2.05, 4.69) is 9.69 Å². The van der Waals surface area contributed by atoms with Crippen LogP contribution < -0.4 is 5.32 Å². The van der Waals surface area contributed by atoms with Crippen LogP contribution in [0.2, 0.25) is 5.02 Å². The van der Waals surface area contributed by atoms with Crippen molar-refractivity contribution >= 4 is 28.1 Å². The minimum atomic E-state index is 0.756. The Morgan fingerprint density at radius 2 is 2.40 bits per heavy atom. The Balaban J connectivity index is 2.83. The molecule has 0 saturated carbocycles. The number of anilines is 1. The van der Waals surface area contributed by atoms with Crippen molar-refractivity contribution in [1.29, 1.82) is 0 Å². The molecule has 0 aliphatic rings. The van der Waals surface area contributed by atoms with Crippen LogP contribution in [0.25, 0.3) is 0 Å². The Morgan fingerprint density at radius 1 is 1.70 bits per heavy atom. The lowest BCUT2D eigenvalue weighted by Gasteiger charge is -1.96. The van der Waals surface area contributed by atoms with E-state index >= 15 is 0 Å². The highest BCUT2D eigenvalue weighted by Crippen LogP contribution is 2.28. The fraction of sp³-hybridized carbons (Fsp3) is 0.500. The smallest absolute Gasteiger partial charge is 0.128 e. The summed E-state index contributed by atoms with van der Waals surface area (Å²) in [7, 11) is 0. The molecule has 0 radical (unpaired) electrons. The van der Waals surface area contributed by atoms with Crippen molar-refractivity contribution in [2.75, 3.05) is 11.9 Å². The van der Waals surface area contributed by atoms with Gasteiger partial charge in [-0.15, -0.1) is 0 Å². The molecule has 10 heavy (non-hydrogen) atoms. The summed E-state index contributed by atoms with van der Waals surface area (Å²) in [6.45, 7) is 4.83. The fourth-order valence-electron chi connectivity index (χ4n) is 0.629. The lowest BCUT2D eigenvalue weighted by atomic mass is 10.5. The molecule has 0 aromatic carbocycles. The zero-order chi connectivity index (χ0) is 7.56. The molecule has 2 nitrogen and oxygen atoms in total. The number of halogens is 1. The molecule has 56 valence electrons. The lowest BCUT2D eigenvalue weighted by molar-refractivity contribution is 1.22. The second-order valence-electron chi connectivity index (χ2n) is 1.94. The number of hydrogen-bond donors (Lipinski definition) is 1. The first kappa shape index (κ1) is 7.82. The molecule has 0 bridgehead atoms. The number of nitrogens with zero attached hydrogens (tertiary/aromatic N) is 1. The van der Waals surface area contributed by atoms with Gasteiger partial charge in [-0.05, 0) is 25.4 Å². The molecule has 1 aromatic heterocycles. The SMILES string of the molecule is CCNc1snc(C)c1Cl. The van der Waals surface area contributed by atoms with Crippen LogP contribution in [0.3, 0.4) is 0 Å². The standard InChI is InChI=1S/C6H9ClN2S/c1-3-8-6-5(7)4(2)9-10-6/h8H,3H2,1-2H3. The van der Waals surface area contributed by atoms with Crippen LogP contribution in [0.4, 0.5) is 5.00 Å². The van der Waals surface area contributed by atoms with Crippen LogP contribution in [0.5, 0.6) is 0 Å². The van der Waals surface area contributed by atoms with Gasteiger partial charge in [0.1, 0.15) is 5.00 Å². The summed E-state index contributed by atoms with van der Waals surface area (Å²) in [4.78, 5) is 0. The first-order chi connectivity index (χ1) is 4.75. The van der Waals surface area contributed by atoms with Crippen molar-refractivity contribution in [3.05, 3.63) is 10.7 Å². The Bertz CT molecular complexity index is 222. The Hall–Kier alpha value is -0.280. The summed E-state index contributed by atoms with van der Waals surface area (Å²) >= 11 is 7.28. The van der Waals surface area contributed by atoms with Gasteiger partial charge in [-0.1, -0.05) is 11.6 Å². The van der Waals surface area contributed by atoms with Crippen molar-refractivity contribution in [3.8, 4) is 0 Å². The summed E-state index contributed by atoms with van der Waals surface area (Å²) in [5.74, 6) is 0. The highest BCUT2D eigenvalue weighted by atomic mass is 35.5. The predicted octanol–water partition coefficient (Wildman–Crippen LogP) is 2.54. The van der Waals surface area contributed by atoms with Crippen molar-refractivity contribution in [3.63, 3.8) is 0 Å². The average molecular weight is 177 g/mol. The molecule has 0 amide bonds. The first-order valence-corrected chi connectivity index (χ1v) is 4.26. The van der Waals surface area contributed by atoms with Gasteiger partial charge >= 0.3 is 0 Å². The molecule has 0 aliphatic carbocycles. The van der Waals surface area contributed by atoms with Gasteiger partial charge in [0.15, 0.2) is 0 Å². The van der Waals surface area contributed by atoms with E-state index in [1.54, 1.807) is 0 Å². The number of rotatable bonds is 2. The largest absolute Gasteiger partial charge is 0.375 e. The number of nitrogens with one attached hydrogen (secondary N) is 1. The third-order valence-electron chi connectivity index (χ3n) is 1.13. The molecule has 1 heterocycles. The monoisotopic (exact) mass is 176 g/mol. The Morgan fingerprint density at radius 3 is 2.80 bits per heavy atom. The molecule has 0 unspecified atom stereocenters. The number of aromatic nitrogens is 1. The summed E-state index contributed by atoms with van der Waals surface area (Å²) < 4.78 is 4.08. The predicted molar refractivity (Wildman–Crippen MR) is 46.0 cm³/mol. The third kappa shape index (κ3) is 1.41. The fourth-order valence-corrected chi connectivity index (χ4v) is 1.65. The maximum atomic E-state index is 5.87. The highest BCUT2D eigenvalue weighted by Gasteiger charge is 2.05. The van der Waals surface area contributed by atoms with Crippen molar-refractivity contribution in [2.24, 2.45) is 0 Å². The molecule has 0 aliphatic heterocycles. The molecule has 0 saturated heterocycles. The van der Waals surface area contributed by atoms with E-state index < -0.39 is 0 Å².